The maximum Gasteiger partial charge on any atom is 0.338 e. The van der Waals surface area contributed by atoms with Gasteiger partial charge in [-0.25, -0.2) is 9.18 Å². The molecule has 22 heavy (non-hydrogen) atoms. The predicted molar refractivity (Wildman–Crippen MR) is 75.3 cm³/mol. The molecular formula is C16H11FN2O3. The topological polar surface area (TPSA) is 65.2 Å². The van der Waals surface area contributed by atoms with Gasteiger partial charge in [0.2, 0.25) is 0 Å². The summed E-state index contributed by atoms with van der Waals surface area (Å²) in [4.78, 5) is 15.6. The number of benzene rings is 1. The highest BCUT2D eigenvalue weighted by atomic mass is 19.1. The molecule has 3 aromatic rings. The number of rotatable bonds is 4. The van der Waals surface area contributed by atoms with Gasteiger partial charge in [0.1, 0.15) is 18.1 Å². The number of esters is 1. The Balaban J connectivity index is 1.68. The molecule has 0 bridgehead atoms. The second kappa shape index (κ2) is 6.17. The zero-order valence-corrected chi connectivity index (χ0v) is 11.4. The summed E-state index contributed by atoms with van der Waals surface area (Å²) in [6.07, 6.45) is 3.01. The third-order valence-electron chi connectivity index (χ3n) is 2.97. The highest BCUT2D eigenvalue weighted by Crippen LogP contribution is 2.23. The van der Waals surface area contributed by atoms with Gasteiger partial charge < -0.3 is 9.26 Å². The van der Waals surface area contributed by atoms with Crippen LogP contribution in [0.4, 0.5) is 4.39 Å². The van der Waals surface area contributed by atoms with Gasteiger partial charge in [-0.05, 0) is 24.3 Å². The highest BCUT2D eigenvalue weighted by molar-refractivity contribution is 5.89. The smallest absolute Gasteiger partial charge is 0.338 e. The van der Waals surface area contributed by atoms with Crippen LogP contribution in [0.5, 0.6) is 0 Å². The fourth-order valence-electron chi connectivity index (χ4n) is 1.88. The summed E-state index contributed by atoms with van der Waals surface area (Å²) in [6, 6.07) is 10.9. The predicted octanol–water partition coefficient (Wildman–Crippen LogP) is 3.23. The average molecular weight is 298 g/mol. The van der Waals surface area contributed by atoms with Crippen molar-refractivity contribution in [1.29, 1.82) is 0 Å². The van der Waals surface area contributed by atoms with Crippen LogP contribution < -0.4 is 0 Å². The van der Waals surface area contributed by atoms with Crippen LogP contribution in [-0.2, 0) is 11.3 Å². The van der Waals surface area contributed by atoms with Gasteiger partial charge in [0.15, 0.2) is 5.76 Å². The monoisotopic (exact) mass is 298 g/mol. The molecule has 0 fully saturated rings. The van der Waals surface area contributed by atoms with Gasteiger partial charge in [-0.3, -0.25) is 4.98 Å². The molecule has 0 atom stereocenters. The minimum atomic E-state index is -0.488. The van der Waals surface area contributed by atoms with Gasteiger partial charge in [0, 0.05) is 18.5 Å². The lowest BCUT2D eigenvalue weighted by Gasteiger charge is -2.01. The Bertz CT molecular complexity index is 787. The van der Waals surface area contributed by atoms with Crippen LogP contribution >= 0.6 is 0 Å². The number of pyridine rings is 1. The summed E-state index contributed by atoms with van der Waals surface area (Å²) >= 11 is 0. The molecule has 2 aromatic heterocycles. The van der Waals surface area contributed by atoms with Crippen molar-refractivity contribution < 1.29 is 18.4 Å². The summed E-state index contributed by atoms with van der Waals surface area (Å²) in [5, 5.41) is 3.77. The Morgan fingerprint density at radius 3 is 2.73 bits per heavy atom. The molecule has 0 saturated heterocycles. The van der Waals surface area contributed by atoms with E-state index in [-0.39, 0.29) is 12.4 Å². The number of aromatic nitrogens is 2. The van der Waals surface area contributed by atoms with E-state index in [1.54, 1.807) is 30.3 Å². The summed E-state index contributed by atoms with van der Waals surface area (Å²) in [7, 11) is 0. The van der Waals surface area contributed by atoms with Crippen molar-refractivity contribution in [1.82, 2.24) is 10.1 Å². The van der Waals surface area contributed by atoms with E-state index in [1.165, 1.54) is 24.5 Å². The van der Waals surface area contributed by atoms with Crippen molar-refractivity contribution in [2.75, 3.05) is 0 Å². The molecule has 5 nitrogen and oxygen atoms in total. The normalized spacial score (nSPS) is 10.4. The number of halogens is 1. The lowest BCUT2D eigenvalue weighted by atomic mass is 10.1. The van der Waals surface area contributed by atoms with Crippen molar-refractivity contribution in [3.05, 3.63) is 71.9 Å². The first kappa shape index (κ1) is 13.9. The molecule has 0 N–H and O–H groups in total. The number of ether oxygens (including phenoxy) is 1. The van der Waals surface area contributed by atoms with Gasteiger partial charge in [-0.1, -0.05) is 17.3 Å². The molecule has 0 spiro atoms. The highest BCUT2D eigenvalue weighted by Gasteiger charge is 2.13. The van der Waals surface area contributed by atoms with Gasteiger partial charge in [0.25, 0.3) is 0 Å². The van der Waals surface area contributed by atoms with Crippen molar-refractivity contribution >= 4 is 5.97 Å². The minimum Gasteiger partial charge on any atom is -0.455 e. The number of hydrogen-bond acceptors (Lipinski definition) is 5. The van der Waals surface area contributed by atoms with Gasteiger partial charge in [0.05, 0.1) is 11.1 Å². The van der Waals surface area contributed by atoms with Gasteiger partial charge in [-0.15, -0.1) is 0 Å². The average Bonchev–Trinajstić information content (AvgIpc) is 3.02. The van der Waals surface area contributed by atoms with Crippen LogP contribution in [0.25, 0.3) is 11.3 Å². The SMILES string of the molecule is O=C(OCc1cc(-c2ccccc2F)on1)c1ccncc1. The van der Waals surface area contributed by atoms with E-state index in [4.69, 9.17) is 9.26 Å². The van der Waals surface area contributed by atoms with Crippen LogP contribution in [0.3, 0.4) is 0 Å². The fraction of sp³-hybridized carbons (Fsp3) is 0.0625. The van der Waals surface area contributed by atoms with E-state index in [9.17, 15) is 9.18 Å². The molecule has 2 heterocycles. The van der Waals surface area contributed by atoms with Crippen molar-refractivity contribution in [2.24, 2.45) is 0 Å². The first-order valence-corrected chi connectivity index (χ1v) is 6.51. The van der Waals surface area contributed by atoms with Crippen molar-refractivity contribution in [3.63, 3.8) is 0 Å². The number of nitrogens with zero attached hydrogens (tertiary/aromatic N) is 2. The molecule has 0 unspecified atom stereocenters. The molecule has 1 aromatic carbocycles. The second-order valence-corrected chi connectivity index (χ2v) is 4.47. The molecule has 0 aliphatic rings. The maximum atomic E-state index is 13.6. The van der Waals surface area contributed by atoms with Crippen molar-refractivity contribution in [3.8, 4) is 11.3 Å². The van der Waals surface area contributed by atoms with E-state index in [0.717, 1.165) is 0 Å². The molecule has 110 valence electrons. The van der Waals surface area contributed by atoms with Crippen LogP contribution in [0.15, 0.2) is 59.4 Å². The van der Waals surface area contributed by atoms with E-state index < -0.39 is 11.8 Å². The lowest BCUT2D eigenvalue weighted by Crippen LogP contribution is -2.05. The van der Waals surface area contributed by atoms with E-state index in [1.807, 2.05) is 0 Å². The van der Waals surface area contributed by atoms with E-state index >= 15 is 0 Å². The Morgan fingerprint density at radius 2 is 1.95 bits per heavy atom. The zero-order valence-electron chi connectivity index (χ0n) is 11.4. The lowest BCUT2D eigenvalue weighted by molar-refractivity contribution is 0.0464. The van der Waals surface area contributed by atoms with E-state index in [2.05, 4.69) is 10.1 Å². The molecular weight excluding hydrogens is 287 g/mol. The van der Waals surface area contributed by atoms with Gasteiger partial charge >= 0.3 is 5.97 Å². The first-order chi connectivity index (χ1) is 10.7. The quantitative estimate of drug-likeness (QED) is 0.692. The van der Waals surface area contributed by atoms with Crippen molar-refractivity contribution in [2.45, 2.75) is 6.61 Å². The van der Waals surface area contributed by atoms with Crippen LogP contribution in [0.1, 0.15) is 16.1 Å². The molecule has 0 amide bonds. The Kier molecular flexibility index (Phi) is 3.91. The van der Waals surface area contributed by atoms with Crippen LogP contribution in [0, 0.1) is 5.82 Å². The summed E-state index contributed by atoms with van der Waals surface area (Å²) in [5.41, 5.74) is 1.11. The summed E-state index contributed by atoms with van der Waals surface area (Å²) < 4.78 is 23.8. The summed E-state index contributed by atoms with van der Waals surface area (Å²) in [6.45, 7) is -0.0564. The molecule has 0 saturated carbocycles. The van der Waals surface area contributed by atoms with Gasteiger partial charge in [-0.2, -0.15) is 0 Å². The Hall–Kier alpha value is -3.02. The molecule has 3 rings (SSSR count). The number of carbonyl (C=O) groups excluding carboxylic acids is 1. The van der Waals surface area contributed by atoms with Crippen LogP contribution in [-0.4, -0.2) is 16.1 Å². The standard InChI is InChI=1S/C16H11FN2O3/c17-14-4-2-1-3-13(14)15-9-12(19-22-15)10-21-16(20)11-5-7-18-8-6-11/h1-9H,10H2. The van der Waals surface area contributed by atoms with Crippen LogP contribution in [0.2, 0.25) is 0 Å². The maximum absolute atomic E-state index is 13.6. The molecule has 0 aliphatic heterocycles. The molecule has 6 heteroatoms. The third-order valence-corrected chi connectivity index (χ3v) is 2.97. The largest absolute Gasteiger partial charge is 0.455 e. The fourth-order valence-corrected chi connectivity index (χ4v) is 1.88. The molecule has 0 aliphatic carbocycles. The Morgan fingerprint density at radius 1 is 1.18 bits per heavy atom. The summed E-state index contributed by atoms with van der Waals surface area (Å²) in [5.74, 6) is -0.607. The first-order valence-electron chi connectivity index (χ1n) is 6.51. The third kappa shape index (κ3) is 3.01. The minimum absolute atomic E-state index is 0.0564. The zero-order chi connectivity index (χ0) is 15.4. The Labute approximate surface area is 125 Å². The number of carbonyl (C=O) groups is 1. The van der Waals surface area contributed by atoms with E-state index in [0.29, 0.717) is 16.8 Å². The second-order valence-electron chi connectivity index (χ2n) is 4.47. The number of hydrogen-bond donors (Lipinski definition) is 0. The molecule has 0 radical (unpaired) electrons.